The summed E-state index contributed by atoms with van der Waals surface area (Å²) < 4.78 is 6.03. The third-order valence-electron chi connectivity index (χ3n) is 2.27. The molecule has 1 aromatic carbocycles. The van der Waals surface area contributed by atoms with Crippen molar-refractivity contribution in [2.24, 2.45) is 0 Å². The molecule has 6 heteroatoms. The third kappa shape index (κ3) is 4.74. The number of hydrogen-bond acceptors (Lipinski definition) is 3. The lowest BCUT2D eigenvalue weighted by atomic mass is 10.3. The maximum atomic E-state index is 11.6. The standard InChI is InChI=1S/C13H11Cl2NO2S/c14-9-1-3-10(4-2-9)18-8-13(17)16-7-11-5-6-12(15)19-11/h1-6H,7-8H2,(H,16,17). The number of ether oxygens (including phenoxy) is 1. The Kier molecular flexibility index (Phi) is 5.07. The molecule has 0 aliphatic heterocycles. The molecule has 0 bridgehead atoms. The SMILES string of the molecule is O=C(COc1ccc(Cl)cc1)NCc1ccc(Cl)s1. The summed E-state index contributed by atoms with van der Waals surface area (Å²) in [5, 5.41) is 3.39. The van der Waals surface area contributed by atoms with Gasteiger partial charge in [-0.15, -0.1) is 11.3 Å². The van der Waals surface area contributed by atoms with Crippen molar-refractivity contribution in [3.8, 4) is 5.75 Å². The summed E-state index contributed by atoms with van der Waals surface area (Å²) >= 11 is 13.0. The molecular formula is C13H11Cl2NO2S. The average molecular weight is 316 g/mol. The van der Waals surface area contributed by atoms with Gasteiger partial charge >= 0.3 is 0 Å². The number of carbonyl (C=O) groups is 1. The Balaban J connectivity index is 1.74. The van der Waals surface area contributed by atoms with E-state index in [0.717, 1.165) is 4.88 Å². The summed E-state index contributed by atoms with van der Waals surface area (Å²) in [5.41, 5.74) is 0. The summed E-state index contributed by atoms with van der Waals surface area (Å²) in [7, 11) is 0. The fourth-order valence-corrected chi connectivity index (χ4v) is 2.52. The zero-order valence-corrected chi connectivity index (χ0v) is 12.2. The molecule has 0 saturated heterocycles. The largest absolute Gasteiger partial charge is 0.484 e. The van der Waals surface area contributed by atoms with Crippen LogP contribution >= 0.6 is 34.5 Å². The minimum Gasteiger partial charge on any atom is -0.484 e. The Bertz CT molecular complexity index is 554. The van der Waals surface area contributed by atoms with Gasteiger partial charge in [-0.2, -0.15) is 0 Å². The van der Waals surface area contributed by atoms with E-state index in [1.54, 1.807) is 30.3 Å². The Morgan fingerprint density at radius 3 is 2.53 bits per heavy atom. The van der Waals surface area contributed by atoms with Crippen molar-refractivity contribution >= 4 is 40.4 Å². The quantitative estimate of drug-likeness (QED) is 0.912. The van der Waals surface area contributed by atoms with Crippen LogP contribution in [0, 0.1) is 0 Å². The third-order valence-corrected chi connectivity index (χ3v) is 3.76. The zero-order chi connectivity index (χ0) is 13.7. The van der Waals surface area contributed by atoms with Gasteiger partial charge in [-0.05, 0) is 36.4 Å². The van der Waals surface area contributed by atoms with Crippen LogP contribution in [0.4, 0.5) is 0 Å². The van der Waals surface area contributed by atoms with Crippen LogP contribution in [0.3, 0.4) is 0 Å². The summed E-state index contributed by atoms with van der Waals surface area (Å²) in [6.07, 6.45) is 0. The molecule has 1 aromatic heterocycles. The molecule has 0 unspecified atom stereocenters. The van der Waals surface area contributed by atoms with Crippen LogP contribution in [0.2, 0.25) is 9.36 Å². The van der Waals surface area contributed by atoms with Crippen LogP contribution in [0.5, 0.6) is 5.75 Å². The fraction of sp³-hybridized carbons (Fsp3) is 0.154. The second-order valence-electron chi connectivity index (χ2n) is 3.73. The highest BCUT2D eigenvalue weighted by atomic mass is 35.5. The zero-order valence-electron chi connectivity index (χ0n) is 9.86. The average Bonchev–Trinajstić information content (AvgIpc) is 2.81. The first kappa shape index (κ1) is 14.2. The van der Waals surface area contributed by atoms with Crippen molar-refractivity contribution in [1.29, 1.82) is 0 Å². The maximum Gasteiger partial charge on any atom is 0.258 e. The number of rotatable bonds is 5. The number of halogens is 2. The van der Waals surface area contributed by atoms with Gasteiger partial charge in [-0.1, -0.05) is 23.2 Å². The van der Waals surface area contributed by atoms with E-state index in [1.807, 2.05) is 6.07 Å². The Morgan fingerprint density at radius 1 is 1.16 bits per heavy atom. The van der Waals surface area contributed by atoms with E-state index in [4.69, 9.17) is 27.9 Å². The normalized spacial score (nSPS) is 10.2. The van der Waals surface area contributed by atoms with E-state index in [1.165, 1.54) is 11.3 Å². The van der Waals surface area contributed by atoms with Gasteiger partial charge in [-0.25, -0.2) is 0 Å². The van der Waals surface area contributed by atoms with Crippen LogP contribution < -0.4 is 10.1 Å². The van der Waals surface area contributed by atoms with E-state index in [2.05, 4.69) is 5.32 Å². The number of amides is 1. The molecule has 0 spiro atoms. The van der Waals surface area contributed by atoms with Gasteiger partial charge in [0, 0.05) is 9.90 Å². The Hall–Kier alpha value is -1.23. The molecule has 0 atom stereocenters. The van der Waals surface area contributed by atoms with Crippen LogP contribution in [0.15, 0.2) is 36.4 Å². The van der Waals surface area contributed by atoms with Crippen molar-refractivity contribution in [3.05, 3.63) is 50.6 Å². The highest BCUT2D eigenvalue weighted by Gasteiger charge is 2.04. The number of carbonyl (C=O) groups excluding carboxylic acids is 1. The summed E-state index contributed by atoms with van der Waals surface area (Å²) in [5.74, 6) is 0.429. The molecule has 0 fully saturated rings. The molecule has 0 aliphatic rings. The number of thiophene rings is 1. The second kappa shape index (κ2) is 6.80. The minimum absolute atomic E-state index is 0.0270. The molecule has 3 nitrogen and oxygen atoms in total. The first-order chi connectivity index (χ1) is 9.13. The van der Waals surface area contributed by atoms with Gasteiger partial charge in [0.05, 0.1) is 10.9 Å². The first-order valence-corrected chi connectivity index (χ1v) is 7.10. The van der Waals surface area contributed by atoms with Crippen LogP contribution in [0.1, 0.15) is 4.88 Å². The minimum atomic E-state index is -0.181. The molecule has 0 radical (unpaired) electrons. The first-order valence-electron chi connectivity index (χ1n) is 5.53. The van der Waals surface area contributed by atoms with E-state index in [-0.39, 0.29) is 12.5 Å². The fourth-order valence-electron chi connectivity index (χ4n) is 1.36. The highest BCUT2D eigenvalue weighted by molar-refractivity contribution is 7.16. The molecule has 19 heavy (non-hydrogen) atoms. The van der Waals surface area contributed by atoms with Gasteiger partial charge in [0.2, 0.25) is 0 Å². The van der Waals surface area contributed by atoms with E-state index in [0.29, 0.717) is 21.7 Å². The Morgan fingerprint density at radius 2 is 1.89 bits per heavy atom. The van der Waals surface area contributed by atoms with Crippen molar-refractivity contribution in [3.63, 3.8) is 0 Å². The summed E-state index contributed by atoms with van der Waals surface area (Å²) in [6.45, 7) is 0.431. The van der Waals surface area contributed by atoms with Crippen molar-refractivity contribution in [2.45, 2.75) is 6.54 Å². The van der Waals surface area contributed by atoms with E-state index < -0.39 is 0 Å². The van der Waals surface area contributed by atoms with Crippen LogP contribution in [-0.4, -0.2) is 12.5 Å². The maximum absolute atomic E-state index is 11.6. The monoisotopic (exact) mass is 315 g/mol. The molecule has 0 aliphatic carbocycles. The summed E-state index contributed by atoms with van der Waals surface area (Å²) in [6, 6.07) is 10.5. The molecular weight excluding hydrogens is 305 g/mol. The molecule has 2 aromatic rings. The predicted octanol–water partition coefficient (Wildman–Crippen LogP) is 3.75. The molecule has 1 amide bonds. The van der Waals surface area contributed by atoms with Crippen LogP contribution in [0.25, 0.3) is 0 Å². The van der Waals surface area contributed by atoms with Gasteiger partial charge in [0.1, 0.15) is 5.75 Å². The lowest BCUT2D eigenvalue weighted by Crippen LogP contribution is -2.28. The smallest absolute Gasteiger partial charge is 0.258 e. The van der Waals surface area contributed by atoms with E-state index in [9.17, 15) is 4.79 Å². The Labute approximate surface area is 125 Å². The van der Waals surface area contributed by atoms with Crippen molar-refractivity contribution in [1.82, 2.24) is 5.32 Å². The van der Waals surface area contributed by atoms with Gasteiger partial charge < -0.3 is 10.1 Å². The van der Waals surface area contributed by atoms with Crippen molar-refractivity contribution < 1.29 is 9.53 Å². The van der Waals surface area contributed by atoms with Gasteiger partial charge in [-0.3, -0.25) is 4.79 Å². The lowest BCUT2D eigenvalue weighted by Gasteiger charge is -2.06. The van der Waals surface area contributed by atoms with Crippen molar-refractivity contribution in [2.75, 3.05) is 6.61 Å². The highest BCUT2D eigenvalue weighted by Crippen LogP contribution is 2.21. The van der Waals surface area contributed by atoms with Crippen LogP contribution in [-0.2, 0) is 11.3 Å². The number of hydrogen-bond donors (Lipinski definition) is 1. The lowest BCUT2D eigenvalue weighted by molar-refractivity contribution is -0.123. The topological polar surface area (TPSA) is 38.3 Å². The molecule has 0 saturated carbocycles. The molecule has 1 heterocycles. The number of benzene rings is 1. The van der Waals surface area contributed by atoms with E-state index >= 15 is 0 Å². The van der Waals surface area contributed by atoms with Gasteiger partial charge in [0.25, 0.3) is 5.91 Å². The summed E-state index contributed by atoms with van der Waals surface area (Å²) in [4.78, 5) is 12.6. The predicted molar refractivity (Wildman–Crippen MR) is 78.1 cm³/mol. The number of nitrogens with one attached hydrogen (secondary N) is 1. The second-order valence-corrected chi connectivity index (χ2v) is 5.96. The van der Waals surface area contributed by atoms with Gasteiger partial charge in [0.15, 0.2) is 6.61 Å². The molecule has 2 rings (SSSR count). The molecule has 100 valence electrons. The molecule has 1 N–H and O–H groups in total.